The van der Waals surface area contributed by atoms with E-state index < -0.39 is 31.1 Å². The van der Waals surface area contributed by atoms with Crippen molar-refractivity contribution in [3.63, 3.8) is 0 Å². The van der Waals surface area contributed by atoms with Crippen LogP contribution in [0.3, 0.4) is 0 Å². The van der Waals surface area contributed by atoms with E-state index in [-0.39, 0.29) is 36.6 Å². The number of rotatable bonds is 9. The Morgan fingerprint density at radius 2 is 1.75 bits per heavy atom. The second-order valence-electron chi connectivity index (χ2n) is 5.47. The molecule has 1 rings (SSSR count). The van der Waals surface area contributed by atoms with Crippen molar-refractivity contribution in [1.82, 2.24) is 0 Å². The first-order valence-electron chi connectivity index (χ1n) is 8.49. The Labute approximate surface area is 161 Å². The zero-order valence-electron chi connectivity index (χ0n) is 15.8. The summed E-state index contributed by atoms with van der Waals surface area (Å²) in [5.41, 5.74) is 9.89. The van der Waals surface area contributed by atoms with Gasteiger partial charge >= 0.3 is 19.7 Å². The Kier molecular flexibility index (Phi) is 8.69. The molecule has 0 aliphatic heterocycles. The Bertz CT molecular complexity index is 758. The van der Waals surface area contributed by atoms with E-state index in [1.165, 1.54) is 0 Å². The number of carbonyl (C=O) groups is 1. The molecule has 158 valence electrons. The van der Waals surface area contributed by atoms with Crippen LogP contribution in [0, 0.1) is 0 Å². The molecule has 0 fully saturated rings. The Morgan fingerprint density at radius 1 is 1.18 bits per heavy atom. The van der Waals surface area contributed by atoms with Gasteiger partial charge in [-0.3, -0.25) is 4.57 Å². The average molecular weight is 424 g/mol. The standard InChI is InChI=1S/C17H24F3N2O5P/c1-4-25-15(23)8-7-11-9-12(14(21)10-13(11)17(18,19)20)16(22)28(24,26-5-2)27-6-3/h7-10,16H,4-6,21-22H2,1-3H3. The number of nitrogens with two attached hydrogens (primary N) is 2. The predicted molar refractivity (Wildman–Crippen MR) is 99.3 cm³/mol. The molecule has 1 aromatic rings. The maximum absolute atomic E-state index is 13.4. The third-order valence-electron chi connectivity index (χ3n) is 3.52. The lowest BCUT2D eigenvalue weighted by Gasteiger charge is -2.25. The molecule has 28 heavy (non-hydrogen) atoms. The van der Waals surface area contributed by atoms with Crippen molar-refractivity contribution in [3.8, 4) is 0 Å². The Hall–Kier alpha value is -1.87. The number of hydrogen-bond donors (Lipinski definition) is 2. The van der Waals surface area contributed by atoms with Crippen LogP contribution in [0.15, 0.2) is 18.2 Å². The summed E-state index contributed by atoms with van der Waals surface area (Å²) in [6.45, 7) is 4.80. The van der Waals surface area contributed by atoms with Crippen molar-refractivity contribution in [1.29, 1.82) is 0 Å². The normalized spacial score (nSPS) is 13.7. The lowest BCUT2D eigenvalue weighted by Crippen LogP contribution is -2.18. The number of benzene rings is 1. The summed E-state index contributed by atoms with van der Waals surface area (Å²) < 4.78 is 67.9. The summed E-state index contributed by atoms with van der Waals surface area (Å²) in [4.78, 5) is 11.5. The molecule has 1 atom stereocenters. The molecule has 0 amide bonds. The van der Waals surface area contributed by atoms with Gasteiger partial charge in [-0.05, 0) is 44.5 Å². The predicted octanol–water partition coefficient (Wildman–Crippen LogP) is 4.09. The number of halogens is 3. The first-order chi connectivity index (χ1) is 13.0. The van der Waals surface area contributed by atoms with Crippen molar-refractivity contribution >= 4 is 25.3 Å². The summed E-state index contributed by atoms with van der Waals surface area (Å²) in [6.07, 6.45) is -2.96. The van der Waals surface area contributed by atoms with E-state index in [0.29, 0.717) is 6.07 Å². The van der Waals surface area contributed by atoms with Gasteiger partial charge in [0.1, 0.15) is 5.78 Å². The monoisotopic (exact) mass is 424 g/mol. The molecule has 1 unspecified atom stereocenters. The van der Waals surface area contributed by atoms with Crippen LogP contribution in [0.5, 0.6) is 0 Å². The van der Waals surface area contributed by atoms with Gasteiger partial charge in [0, 0.05) is 17.3 Å². The highest BCUT2D eigenvalue weighted by Crippen LogP contribution is 2.59. The summed E-state index contributed by atoms with van der Waals surface area (Å²) >= 11 is 0. The van der Waals surface area contributed by atoms with Gasteiger partial charge in [0.15, 0.2) is 0 Å². The number of nitrogen functional groups attached to an aromatic ring is 1. The van der Waals surface area contributed by atoms with Crippen LogP contribution in [0.1, 0.15) is 43.2 Å². The van der Waals surface area contributed by atoms with E-state index in [0.717, 1.165) is 18.2 Å². The van der Waals surface area contributed by atoms with Crippen LogP contribution < -0.4 is 11.5 Å². The van der Waals surface area contributed by atoms with E-state index in [1.54, 1.807) is 20.8 Å². The van der Waals surface area contributed by atoms with Crippen molar-refractivity contribution in [2.75, 3.05) is 25.6 Å². The molecule has 4 N–H and O–H groups in total. The highest BCUT2D eigenvalue weighted by Gasteiger charge is 2.38. The van der Waals surface area contributed by atoms with Gasteiger partial charge in [-0.25, -0.2) is 4.79 Å². The van der Waals surface area contributed by atoms with Crippen LogP contribution in [-0.2, 0) is 29.3 Å². The second kappa shape index (κ2) is 10.1. The SMILES string of the molecule is CCOC(=O)C=Cc1cc(C(N)P(=O)(OCC)OCC)c(N)cc1C(F)(F)F. The van der Waals surface area contributed by atoms with Crippen LogP contribution in [-0.4, -0.2) is 25.8 Å². The van der Waals surface area contributed by atoms with Gasteiger partial charge in [0.05, 0.1) is 25.4 Å². The average Bonchev–Trinajstić information content (AvgIpc) is 2.59. The fourth-order valence-corrected chi connectivity index (χ4v) is 4.05. The lowest BCUT2D eigenvalue weighted by atomic mass is 10.0. The Balaban J connectivity index is 3.51. The first-order valence-corrected chi connectivity index (χ1v) is 10.1. The molecule has 7 nitrogen and oxygen atoms in total. The van der Waals surface area contributed by atoms with E-state index >= 15 is 0 Å². The molecular formula is C17H24F3N2O5P. The molecule has 11 heteroatoms. The third kappa shape index (κ3) is 6.07. The minimum absolute atomic E-state index is 0.0150. The molecule has 0 saturated heterocycles. The van der Waals surface area contributed by atoms with Gasteiger partial charge in [-0.15, -0.1) is 0 Å². The number of carbonyl (C=O) groups excluding carboxylic acids is 1. The highest BCUT2D eigenvalue weighted by molar-refractivity contribution is 7.54. The molecule has 0 saturated carbocycles. The zero-order chi connectivity index (χ0) is 21.5. The Morgan fingerprint density at radius 3 is 2.21 bits per heavy atom. The summed E-state index contributed by atoms with van der Waals surface area (Å²) in [7, 11) is -3.88. The molecule has 0 spiro atoms. The van der Waals surface area contributed by atoms with Gasteiger partial charge < -0.3 is 25.3 Å². The topological polar surface area (TPSA) is 114 Å². The summed E-state index contributed by atoms with van der Waals surface area (Å²) in [5.74, 6) is -2.22. The summed E-state index contributed by atoms with van der Waals surface area (Å²) in [5, 5.41) is 0. The maximum Gasteiger partial charge on any atom is 0.417 e. The van der Waals surface area contributed by atoms with Crippen molar-refractivity contribution in [3.05, 3.63) is 34.9 Å². The van der Waals surface area contributed by atoms with E-state index in [2.05, 4.69) is 4.74 Å². The third-order valence-corrected chi connectivity index (χ3v) is 5.72. The lowest BCUT2D eigenvalue weighted by molar-refractivity contribution is -0.138. The number of hydrogen-bond acceptors (Lipinski definition) is 7. The van der Waals surface area contributed by atoms with Crippen LogP contribution in [0.2, 0.25) is 0 Å². The molecule has 0 aliphatic rings. The molecule has 0 heterocycles. The minimum atomic E-state index is -4.74. The molecule has 0 bridgehead atoms. The van der Waals surface area contributed by atoms with Crippen LogP contribution in [0.25, 0.3) is 6.08 Å². The van der Waals surface area contributed by atoms with Crippen LogP contribution in [0.4, 0.5) is 18.9 Å². The number of ether oxygens (including phenoxy) is 1. The highest BCUT2D eigenvalue weighted by atomic mass is 31.2. The molecular weight excluding hydrogens is 400 g/mol. The van der Waals surface area contributed by atoms with E-state index in [4.69, 9.17) is 20.5 Å². The smallest absolute Gasteiger partial charge is 0.417 e. The van der Waals surface area contributed by atoms with Crippen molar-refractivity contribution < 1.29 is 36.3 Å². The fraction of sp³-hybridized carbons (Fsp3) is 0.471. The van der Waals surface area contributed by atoms with E-state index in [9.17, 15) is 22.5 Å². The fourth-order valence-electron chi connectivity index (χ4n) is 2.37. The van der Waals surface area contributed by atoms with Crippen molar-refractivity contribution in [2.24, 2.45) is 5.73 Å². The quantitative estimate of drug-likeness (QED) is 0.266. The summed E-state index contributed by atoms with van der Waals surface area (Å²) in [6, 6.07) is 1.69. The largest absolute Gasteiger partial charge is 0.463 e. The number of alkyl halides is 3. The maximum atomic E-state index is 13.4. The molecule has 0 aliphatic carbocycles. The van der Waals surface area contributed by atoms with Gasteiger partial charge in [-0.2, -0.15) is 13.2 Å². The first kappa shape index (κ1) is 24.2. The molecule has 0 aromatic heterocycles. The molecule has 1 aromatic carbocycles. The van der Waals surface area contributed by atoms with Crippen LogP contribution >= 0.6 is 7.60 Å². The number of anilines is 1. The van der Waals surface area contributed by atoms with Gasteiger partial charge in [0.25, 0.3) is 0 Å². The minimum Gasteiger partial charge on any atom is -0.463 e. The second-order valence-corrected chi connectivity index (χ2v) is 7.62. The van der Waals surface area contributed by atoms with E-state index in [1.807, 2.05) is 0 Å². The number of esters is 1. The van der Waals surface area contributed by atoms with Gasteiger partial charge in [-0.1, -0.05) is 0 Å². The molecule has 0 radical (unpaired) electrons. The van der Waals surface area contributed by atoms with Crippen molar-refractivity contribution in [2.45, 2.75) is 32.7 Å². The van der Waals surface area contributed by atoms with Gasteiger partial charge in [0.2, 0.25) is 0 Å². The zero-order valence-corrected chi connectivity index (χ0v) is 16.7.